The molecule has 0 atom stereocenters. The number of rotatable bonds is 5. The van der Waals surface area contributed by atoms with Gasteiger partial charge >= 0.3 is 5.97 Å². The maximum atomic E-state index is 12.4. The van der Waals surface area contributed by atoms with Gasteiger partial charge in [0.1, 0.15) is 5.57 Å². The van der Waals surface area contributed by atoms with Crippen LogP contribution in [0, 0.1) is 0 Å². The number of ketones is 1. The van der Waals surface area contributed by atoms with Gasteiger partial charge in [0.25, 0.3) is 0 Å². The van der Waals surface area contributed by atoms with Gasteiger partial charge < -0.3 is 4.74 Å². The van der Waals surface area contributed by atoms with Crippen molar-refractivity contribution in [1.29, 1.82) is 0 Å². The van der Waals surface area contributed by atoms with Crippen LogP contribution < -0.4 is 0 Å². The third-order valence-electron chi connectivity index (χ3n) is 2.60. The van der Waals surface area contributed by atoms with Crippen LogP contribution in [0.5, 0.6) is 0 Å². The maximum Gasteiger partial charge on any atom is 0.342 e. The van der Waals surface area contributed by atoms with Gasteiger partial charge in [-0.15, -0.1) is 11.3 Å². The van der Waals surface area contributed by atoms with Crippen molar-refractivity contribution in [1.82, 2.24) is 0 Å². The maximum absolute atomic E-state index is 12.4. The zero-order chi connectivity index (χ0) is 14.4. The molecule has 0 aliphatic carbocycles. The number of hydrogen-bond donors (Lipinski definition) is 0. The van der Waals surface area contributed by atoms with E-state index in [1.54, 1.807) is 30.5 Å². The van der Waals surface area contributed by atoms with Crippen molar-refractivity contribution in [2.45, 2.75) is 6.92 Å². The molecular formula is C16H14O3S. The van der Waals surface area contributed by atoms with Gasteiger partial charge in [0.05, 0.1) is 11.5 Å². The topological polar surface area (TPSA) is 43.4 Å². The minimum atomic E-state index is -0.588. The Balaban J connectivity index is 2.37. The van der Waals surface area contributed by atoms with E-state index in [0.717, 1.165) is 5.56 Å². The Kier molecular flexibility index (Phi) is 4.85. The predicted octanol–water partition coefficient (Wildman–Crippen LogP) is 3.58. The molecule has 4 heteroatoms. The summed E-state index contributed by atoms with van der Waals surface area (Å²) in [5.41, 5.74) is 0.848. The van der Waals surface area contributed by atoms with Gasteiger partial charge in [-0.1, -0.05) is 36.4 Å². The number of Topliss-reactive ketones (excluding diaryl/α,β-unsaturated/α-hetero) is 1. The molecule has 0 unspecified atom stereocenters. The smallest absolute Gasteiger partial charge is 0.342 e. The number of carbonyl (C=O) groups excluding carboxylic acids is 2. The lowest BCUT2D eigenvalue weighted by Gasteiger charge is -2.05. The third-order valence-corrected chi connectivity index (χ3v) is 3.46. The van der Waals surface area contributed by atoms with E-state index in [1.165, 1.54) is 11.3 Å². The van der Waals surface area contributed by atoms with Crippen molar-refractivity contribution in [3.8, 4) is 0 Å². The van der Waals surface area contributed by atoms with Crippen LogP contribution >= 0.6 is 11.3 Å². The molecule has 20 heavy (non-hydrogen) atoms. The summed E-state index contributed by atoms with van der Waals surface area (Å²) in [7, 11) is 0. The first kappa shape index (κ1) is 14.2. The summed E-state index contributed by atoms with van der Waals surface area (Å²) in [6, 6.07) is 12.7. The van der Waals surface area contributed by atoms with E-state index in [0.29, 0.717) is 4.88 Å². The number of esters is 1. The fraction of sp³-hybridized carbons (Fsp3) is 0.125. The van der Waals surface area contributed by atoms with Crippen molar-refractivity contribution in [2.75, 3.05) is 6.61 Å². The lowest BCUT2D eigenvalue weighted by atomic mass is 10.1. The summed E-state index contributed by atoms with van der Waals surface area (Å²) < 4.78 is 4.97. The van der Waals surface area contributed by atoms with Crippen molar-refractivity contribution in [2.24, 2.45) is 0 Å². The Morgan fingerprint density at radius 3 is 2.50 bits per heavy atom. The number of thiophene rings is 1. The van der Waals surface area contributed by atoms with Crippen LogP contribution in [0.25, 0.3) is 6.08 Å². The highest BCUT2D eigenvalue weighted by atomic mass is 32.1. The standard InChI is InChI=1S/C16H14O3S/c1-2-19-16(18)13(11-12-7-4-3-5-8-12)15(17)14-9-6-10-20-14/h3-11H,2H2,1H3. The quantitative estimate of drug-likeness (QED) is 0.277. The van der Waals surface area contributed by atoms with Crippen molar-refractivity contribution in [3.05, 3.63) is 63.9 Å². The SMILES string of the molecule is CCOC(=O)C(=Cc1ccccc1)C(=O)c1cccs1. The molecule has 0 bridgehead atoms. The van der Waals surface area contributed by atoms with Crippen LogP contribution in [0.15, 0.2) is 53.4 Å². The van der Waals surface area contributed by atoms with E-state index in [9.17, 15) is 9.59 Å². The first-order valence-corrected chi connectivity index (χ1v) is 7.12. The molecule has 0 amide bonds. The molecule has 3 nitrogen and oxygen atoms in total. The van der Waals surface area contributed by atoms with Crippen molar-refractivity contribution < 1.29 is 14.3 Å². The molecule has 0 saturated carbocycles. The van der Waals surface area contributed by atoms with Gasteiger partial charge in [0.15, 0.2) is 0 Å². The summed E-state index contributed by atoms with van der Waals surface area (Å²) in [6.45, 7) is 1.95. The van der Waals surface area contributed by atoms with Gasteiger partial charge in [-0.05, 0) is 30.0 Å². The molecular weight excluding hydrogens is 272 g/mol. The zero-order valence-electron chi connectivity index (χ0n) is 11.0. The second-order valence-corrected chi connectivity index (χ2v) is 4.94. The van der Waals surface area contributed by atoms with E-state index in [-0.39, 0.29) is 18.0 Å². The van der Waals surface area contributed by atoms with Gasteiger partial charge in [-0.3, -0.25) is 4.79 Å². The first-order chi connectivity index (χ1) is 9.72. The van der Waals surface area contributed by atoms with E-state index in [1.807, 2.05) is 30.3 Å². The molecule has 0 aliphatic heterocycles. The molecule has 0 aliphatic rings. The highest BCUT2D eigenvalue weighted by Gasteiger charge is 2.21. The molecule has 0 N–H and O–H groups in total. The van der Waals surface area contributed by atoms with E-state index in [2.05, 4.69) is 0 Å². The second-order valence-electron chi connectivity index (χ2n) is 4.00. The molecule has 0 radical (unpaired) electrons. The average Bonchev–Trinajstić information content (AvgIpc) is 2.99. The van der Waals surface area contributed by atoms with Crippen LogP contribution in [-0.4, -0.2) is 18.4 Å². The van der Waals surface area contributed by atoms with E-state index < -0.39 is 5.97 Å². The predicted molar refractivity (Wildman–Crippen MR) is 79.7 cm³/mol. The van der Waals surface area contributed by atoms with Crippen LogP contribution in [0.1, 0.15) is 22.2 Å². The fourth-order valence-electron chi connectivity index (χ4n) is 1.68. The summed E-state index contributed by atoms with van der Waals surface area (Å²) >= 11 is 1.31. The van der Waals surface area contributed by atoms with Gasteiger partial charge in [-0.2, -0.15) is 0 Å². The van der Waals surface area contributed by atoms with Crippen LogP contribution in [-0.2, 0) is 9.53 Å². The Bertz CT molecular complexity index is 612. The average molecular weight is 286 g/mol. The largest absolute Gasteiger partial charge is 0.462 e. The monoisotopic (exact) mass is 286 g/mol. The summed E-state index contributed by atoms with van der Waals surface area (Å²) in [6.07, 6.45) is 1.57. The van der Waals surface area contributed by atoms with Crippen LogP contribution in [0.4, 0.5) is 0 Å². The number of ether oxygens (including phenoxy) is 1. The summed E-state index contributed by atoms with van der Waals surface area (Å²) in [5.74, 6) is -0.892. The highest BCUT2D eigenvalue weighted by Crippen LogP contribution is 2.18. The number of hydrogen-bond acceptors (Lipinski definition) is 4. The van der Waals surface area contributed by atoms with Gasteiger partial charge in [-0.25, -0.2) is 4.79 Å². The van der Waals surface area contributed by atoms with Gasteiger partial charge in [0, 0.05) is 0 Å². The molecule has 1 heterocycles. The Labute approximate surface area is 121 Å². The van der Waals surface area contributed by atoms with E-state index >= 15 is 0 Å². The second kappa shape index (κ2) is 6.82. The van der Waals surface area contributed by atoms with Crippen molar-refractivity contribution in [3.63, 3.8) is 0 Å². The zero-order valence-corrected chi connectivity index (χ0v) is 11.9. The summed E-state index contributed by atoms with van der Waals surface area (Å²) in [5, 5.41) is 1.80. The third kappa shape index (κ3) is 3.42. The number of benzene rings is 1. The Hall–Kier alpha value is -2.20. The molecule has 0 fully saturated rings. The molecule has 2 aromatic rings. The molecule has 2 rings (SSSR count). The number of carbonyl (C=O) groups is 2. The molecule has 102 valence electrons. The van der Waals surface area contributed by atoms with Crippen LogP contribution in [0.3, 0.4) is 0 Å². The lowest BCUT2D eigenvalue weighted by molar-refractivity contribution is -0.137. The Morgan fingerprint density at radius 2 is 1.90 bits per heavy atom. The Morgan fingerprint density at radius 1 is 1.15 bits per heavy atom. The summed E-state index contributed by atoms with van der Waals surface area (Å²) in [4.78, 5) is 24.9. The highest BCUT2D eigenvalue weighted by molar-refractivity contribution is 7.12. The van der Waals surface area contributed by atoms with Crippen LogP contribution in [0.2, 0.25) is 0 Å². The van der Waals surface area contributed by atoms with E-state index in [4.69, 9.17) is 4.74 Å². The molecule has 0 spiro atoms. The van der Waals surface area contributed by atoms with Gasteiger partial charge in [0.2, 0.25) is 5.78 Å². The van der Waals surface area contributed by atoms with Crippen molar-refractivity contribution >= 4 is 29.2 Å². The normalized spacial score (nSPS) is 11.2. The minimum Gasteiger partial charge on any atom is -0.462 e. The first-order valence-electron chi connectivity index (χ1n) is 6.24. The lowest BCUT2D eigenvalue weighted by Crippen LogP contribution is -2.15. The fourth-order valence-corrected chi connectivity index (χ4v) is 2.36. The molecule has 0 saturated heterocycles. The minimum absolute atomic E-state index is 0.0560. The molecule has 1 aromatic heterocycles. The molecule has 1 aromatic carbocycles.